The first-order valence-corrected chi connectivity index (χ1v) is 6.97. The number of aromatic nitrogens is 2. The summed E-state index contributed by atoms with van der Waals surface area (Å²) in [7, 11) is 0. The lowest BCUT2D eigenvalue weighted by Crippen LogP contribution is -2.16. The van der Waals surface area contributed by atoms with Crippen LogP contribution in [0.3, 0.4) is 0 Å². The molecule has 122 valence electrons. The Bertz CT molecular complexity index is 807. The lowest BCUT2D eigenvalue weighted by Gasteiger charge is -2.16. The molecule has 0 fully saturated rings. The summed E-state index contributed by atoms with van der Waals surface area (Å²) in [5.41, 5.74) is 9.29. The van der Waals surface area contributed by atoms with Gasteiger partial charge in [-0.15, -0.1) is 6.58 Å². The molecule has 0 aliphatic rings. The largest absolute Gasteiger partial charge is 0.434 e. The molecule has 0 atom stereocenters. The molecule has 6 nitrogen and oxygen atoms in total. The molecule has 0 radical (unpaired) electrons. The number of nitrogens with zero attached hydrogens (tertiary/aromatic N) is 2. The molecule has 0 saturated heterocycles. The van der Waals surface area contributed by atoms with Crippen LogP contribution in [0.15, 0.2) is 23.2 Å². The van der Waals surface area contributed by atoms with E-state index in [1.165, 1.54) is 12.1 Å². The lowest BCUT2D eigenvalue weighted by atomic mass is 10.1. The number of carbonyl (C=O) groups excluding carboxylic acids is 1. The molecular formula is C13H11BrF3N5O. The highest BCUT2D eigenvalue weighted by atomic mass is 79.9. The number of hydrogen-bond donors (Lipinski definition) is 3. The number of nitrogen functional groups attached to an aromatic ring is 1. The van der Waals surface area contributed by atoms with Gasteiger partial charge in [-0.05, 0) is 22.0 Å². The highest BCUT2D eigenvalue weighted by Crippen LogP contribution is 2.40. The van der Waals surface area contributed by atoms with Gasteiger partial charge in [0, 0.05) is 11.9 Å². The van der Waals surface area contributed by atoms with Gasteiger partial charge in [0.15, 0.2) is 11.3 Å². The maximum atomic E-state index is 13.1. The maximum absolute atomic E-state index is 13.1. The molecule has 23 heavy (non-hydrogen) atoms. The third-order valence-corrected chi connectivity index (χ3v) is 3.68. The molecule has 2 aromatic heterocycles. The quantitative estimate of drug-likeness (QED) is 0.696. The zero-order valence-corrected chi connectivity index (χ0v) is 13.1. The van der Waals surface area contributed by atoms with Crippen LogP contribution in [-0.4, -0.2) is 22.4 Å². The van der Waals surface area contributed by atoms with Gasteiger partial charge in [0.1, 0.15) is 5.82 Å². The number of hydrogen-bond acceptors (Lipinski definition) is 5. The zero-order chi connectivity index (χ0) is 17.4. The molecule has 0 unspecified atom stereocenters. The van der Waals surface area contributed by atoms with Crippen molar-refractivity contribution in [2.24, 2.45) is 5.73 Å². The van der Waals surface area contributed by atoms with Crippen molar-refractivity contribution in [2.75, 3.05) is 17.6 Å². The predicted octanol–water partition coefficient (Wildman–Crippen LogP) is 2.69. The Kier molecular flexibility index (Phi) is 4.46. The molecule has 10 heteroatoms. The van der Waals surface area contributed by atoms with Crippen molar-refractivity contribution in [3.8, 4) is 0 Å². The molecule has 0 aliphatic carbocycles. The van der Waals surface area contributed by atoms with Crippen LogP contribution in [0.4, 0.5) is 24.7 Å². The predicted molar refractivity (Wildman–Crippen MR) is 83.9 cm³/mol. The molecule has 2 rings (SSSR count). The summed E-state index contributed by atoms with van der Waals surface area (Å²) in [5.74, 6) is -1.13. The Morgan fingerprint density at radius 2 is 2.09 bits per heavy atom. The van der Waals surface area contributed by atoms with Crippen molar-refractivity contribution in [1.82, 2.24) is 9.97 Å². The highest BCUT2D eigenvalue weighted by molar-refractivity contribution is 9.10. The fourth-order valence-corrected chi connectivity index (χ4v) is 2.58. The molecule has 5 N–H and O–H groups in total. The standard InChI is InChI=1S/C13H11BrF3N5O/c1-2-3-20-8-5-4-6(11(19)23)10(18)22-12(5)21-9(7(8)14)13(15,16)17/h2,4H,1,3H2,(H2,19,23)(H3,18,20,21,22). The van der Waals surface area contributed by atoms with Gasteiger partial charge in [-0.1, -0.05) is 6.08 Å². The fraction of sp³-hybridized carbons (Fsp3) is 0.154. The molecule has 0 bridgehead atoms. The van der Waals surface area contributed by atoms with Crippen LogP contribution in [0.5, 0.6) is 0 Å². The first-order chi connectivity index (χ1) is 10.7. The highest BCUT2D eigenvalue weighted by Gasteiger charge is 2.37. The van der Waals surface area contributed by atoms with Crippen molar-refractivity contribution < 1.29 is 18.0 Å². The van der Waals surface area contributed by atoms with Crippen LogP contribution >= 0.6 is 15.9 Å². The molecule has 2 aromatic rings. The van der Waals surface area contributed by atoms with Gasteiger partial charge in [0.25, 0.3) is 5.91 Å². The van der Waals surface area contributed by atoms with Crippen LogP contribution in [0.1, 0.15) is 16.1 Å². The van der Waals surface area contributed by atoms with E-state index in [0.717, 1.165) is 0 Å². The molecule has 0 spiro atoms. The Balaban J connectivity index is 2.87. The second-order valence-electron chi connectivity index (χ2n) is 4.47. The number of nitrogens with one attached hydrogen (secondary N) is 1. The molecule has 0 aromatic carbocycles. The van der Waals surface area contributed by atoms with Gasteiger partial charge in [-0.2, -0.15) is 13.2 Å². The Hall–Kier alpha value is -2.36. The number of rotatable bonds is 4. The summed E-state index contributed by atoms with van der Waals surface area (Å²) in [6.07, 6.45) is -3.23. The minimum absolute atomic E-state index is 0.0669. The van der Waals surface area contributed by atoms with E-state index >= 15 is 0 Å². The average molecular weight is 390 g/mol. The number of primary amides is 1. The van der Waals surface area contributed by atoms with Gasteiger partial charge in [0.2, 0.25) is 0 Å². The zero-order valence-electron chi connectivity index (χ0n) is 11.5. The summed E-state index contributed by atoms with van der Waals surface area (Å²) < 4.78 is 39.0. The molecule has 2 heterocycles. The summed E-state index contributed by atoms with van der Waals surface area (Å²) >= 11 is 2.89. The van der Waals surface area contributed by atoms with Crippen molar-refractivity contribution in [3.63, 3.8) is 0 Å². The fourth-order valence-electron chi connectivity index (χ4n) is 1.91. The molecule has 0 saturated carbocycles. The van der Waals surface area contributed by atoms with Crippen LogP contribution in [0.25, 0.3) is 11.0 Å². The van der Waals surface area contributed by atoms with E-state index in [9.17, 15) is 18.0 Å². The van der Waals surface area contributed by atoms with Crippen molar-refractivity contribution in [2.45, 2.75) is 6.18 Å². The lowest BCUT2D eigenvalue weighted by molar-refractivity contribution is -0.141. The van der Waals surface area contributed by atoms with Crippen molar-refractivity contribution in [3.05, 3.63) is 34.5 Å². The van der Waals surface area contributed by atoms with E-state index in [4.69, 9.17) is 11.5 Å². The Morgan fingerprint density at radius 1 is 1.43 bits per heavy atom. The van der Waals surface area contributed by atoms with E-state index in [0.29, 0.717) is 0 Å². The molecule has 0 aliphatic heterocycles. The Morgan fingerprint density at radius 3 is 2.61 bits per heavy atom. The second-order valence-corrected chi connectivity index (χ2v) is 5.27. The van der Waals surface area contributed by atoms with Gasteiger partial charge in [-0.25, -0.2) is 9.97 Å². The van der Waals surface area contributed by atoms with Crippen LogP contribution in [-0.2, 0) is 6.18 Å². The number of fused-ring (bicyclic) bond motifs is 1. The minimum Gasteiger partial charge on any atom is -0.383 e. The molecular weight excluding hydrogens is 379 g/mol. The second kappa shape index (κ2) is 6.03. The summed E-state index contributed by atoms with van der Waals surface area (Å²) in [6, 6.07) is 1.25. The number of amides is 1. The van der Waals surface area contributed by atoms with Crippen LogP contribution in [0.2, 0.25) is 0 Å². The van der Waals surface area contributed by atoms with E-state index in [1.54, 1.807) is 0 Å². The molecule has 1 amide bonds. The summed E-state index contributed by atoms with van der Waals surface area (Å²) in [6.45, 7) is 3.68. The first-order valence-electron chi connectivity index (χ1n) is 6.18. The van der Waals surface area contributed by atoms with E-state index in [1.807, 2.05) is 0 Å². The van der Waals surface area contributed by atoms with Crippen LogP contribution in [0, 0.1) is 0 Å². The van der Waals surface area contributed by atoms with Gasteiger partial charge in [0.05, 0.1) is 15.7 Å². The van der Waals surface area contributed by atoms with Crippen molar-refractivity contribution in [1.29, 1.82) is 0 Å². The van der Waals surface area contributed by atoms with Crippen LogP contribution < -0.4 is 16.8 Å². The topological polar surface area (TPSA) is 107 Å². The van der Waals surface area contributed by atoms with Crippen molar-refractivity contribution >= 4 is 44.4 Å². The van der Waals surface area contributed by atoms with Gasteiger partial charge < -0.3 is 16.8 Å². The van der Waals surface area contributed by atoms with E-state index in [-0.39, 0.29) is 39.1 Å². The monoisotopic (exact) mass is 389 g/mol. The summed E-state index contributed by atoms with van der Waals surface area (Å²) in [4.78, 5) is 18.6. The smallest absolute Gasteiger partial charge is 0.383 e. The number of pyridine rings is 2. The number of halogens is 4. The van der Waals surface area contributed by atoms with Gasteiger partial charge in [-0.3, -0.25) is 4.79 Å². The summed E-state index contributed by atoms with van der Waals surface area (Å²) in [5, 5.41) is 2.94. The Labute approximate surface area is 136 Å². The number of anilines is 2. The van der Waals surface area contributed by atoms with Gasteiger partial charge >= 0.3 is 6.18 Å². The average Bonchev–Trinajstić information content (AvgIpc) is 2.44. The third-order valence-electron chi connectivity index (χ3n) is 2.90. The SMILES string of the molecule is C=CCNc1c(Br)c(C(F)(F)F)nc2nc(N)c(C(N)=O)cc12. The maximum Gasteiger partial charge on any atom is 0.434 e. The first kappa shape index (κ1) is 17.0. The minimum atomic E-state index is -4.70. The third kappa shape index (κ3) is 3.21. The normalized spacial score (nSPS) is 11.5. The number of carbonyl (C=O) groups is 1. The number of alkyl halides is 3. The van der Waals surface area contributed by atoms with E-state index < -0.39 is 17.8 Å². The number of nitrogens with two attached hydrogens (primary N) is 2. The van der Waals surface area contributed by atoms with E-state index in [2.05, 4.69) is 37.8 Å².